The Morgan fingerprint density at radius 3 is 2.86 bits per heavy atom. The van der Waals surface area contributed by atoms with E-state index in [1.54, 1.807) is 22.0 Å². The van der Waals surface area contributed by atoms with Gasteiger partial charge in [-0.05, 0) is 36.6 Å². The van der Waals surface area contributed by atoms with Crippen molar-refractivity contribution in [2.24, 2.45) is 0 Å². The summed E-state index contributed by atoms with van der Waals surface area (Å²) in [6.07, 6.45) is 5.40. The number of halogens is 1. The maximum absolute atomic E-state index is 13.2. The van der Waals surface area contributed by atoms with Gasteiger partial charge in [0, 0.05) is 24.4 Å². The van der Waals surface area contributed by atoms with Gasteiger partial charge in [0.05, 0.1) is 31.1 Å². The zero-order valence-electron chi connectivity index (χ0n) is 15.9. The average Bonchev–Trinajstić information content (AvgIpc) is 3.42. The predicted molar refractivity (Wildman–Crippen MR) is 109 cm³/mol. The normalized spacial score (nSPS) is 16.1. The molecule has 150 valence electrons. The summed E-state index contributed by atoms with van der Waals surface area (Å²) in [4.78, 5) is 19.3. The number of ether oxygens (including phenoxy) is 1. The second-order valence-corrected chi connectivity index (χ2v) is 7.44. The van der Waals surface area contributed by atoms with Crippen LogP contribution in [0.3, 0.4) is 0 Å². The molecule has 1 atom stereocenters. The number of carbonyl (C=O) groups excluding carboxylic acids is 1. The van der Waals surface area contributed by atoms with Gasteiger partial charge in [-0.1, -0.05) is 41.1 Å². The first kappa shape index (κ1) is 19.5. The van der Waals surface area contributed by atoms with Crippen molar-refractivity contribution >= 4 is 17.5 Å². The van der Waals surface area contributed by atoms with E-state index < -0.39 is 0 Å². The van der Waals surface area contributed by atoms with E-state index in [2.05, 4.69) is 15.3 Å². The highest BCUT2D eigenvalue weighted by Gasteiger charge is 2.25. The molecule has 3 aromatic rings. The first-order valence-electron chi connectivity index (χ1n) is 9.63. The van der Waals surface area contributed by atoms with E-state index in [4.69, 9.17) is 16.3 Å². The summed E-state index contributed by atoms with van der Waals surface area (Å²) in [5.74, 6) is -0.184. The van der Waals surface area contributed by atoms with Crippen LogP contribution in [0.1, 0.15) is 34.6 Å². The second-order valence-electron chi connectivity index (χ2n) is 7.03. The number of amides is 1. The Kier molecular flexibility index (Phi) is 6.17. The van der Waals surface area contributed by atoms with Crippen LogP contribution in [0.25, 0.3) is 0 Å². The van der Waals surface area contributed by atoms with Crippen LogP contribution in [-0.2, 0) is 17.8 Å². The fourth-order valence-corrected chi connectivity index (χ4v) is 3.57. The number of nitrogens with zero attached hydrogens (tertiary/aromatic N) is 5. The van der Waals surface area contributed by atoms with E-state index in [0.717, 1.165) is 30.7 Å². The molecule has 3 heterocycles. The van der Waals surface area contributed by atoms with Crippen LogP contribution < -0.4 is 0 Å². The molecule has 1 aromatic carbocycles. The van der Waals surface area contributed by atoms with E-state index in [0.29, 0.717) is 30.4 Å². The van der Waals surface area contributed by atoms with Crippen molar-refractivity contribution in [3.8, 4) is 0 Å². The summed E-state index contributed by atoms with van der Waals surface area (Å²) >= 11 is 6.22. The van der Waals surface area contributed by atoms with Crippen molar-refractivity contribution in [3.63, 3.8) is 0 Å². The highest BCUT2D eigenvalue weighted by molar-refractivity contribution is 6.31. The molecule has 2 aromatic heterocycles. The largest absolute Gasteiger partial charge is 0.376 e. The minimum atomic E-state index is -0.184. The molecule has 8 heteroatoms. The van der Waals surface area contributed by atoms with E-state index in [9.17, 15) is 4.79 Å². The number of carbonyl (C=O) groups is 1. The van der Waals surface area contributed by atoms with Crippen LogP contribution in [0, 0.1) is 0 Å². The van der Waals surface area contributed by atoms with Gasteiger partial charge < -0.3 is 9.64 Å². The zero-order chi connectivity index (χ0) is 20.1. The molecule has 0 radical (unpaired) electrons. The second kappa shape index (κ2) is 9.15. The predicted octanol–water partition coefficient (Wildman–Crippen LogP) is 3.20. The summed E-state index contributed by atoms with van der Waals surface area (Å²) in [7, 11) is 0. The molecule has 1 fully saturated rings. The lowest BCUT2D eigenvalue weighted by Gasteiger charge is -2.24. The van der Waals surface area contributed by atoms with Gasteiger partial charge in [0.2, 0.25) is 0 Å². The Labute approximate surface area is 174 Å². The third-order valence-electron chi connectivity index (χ3n) is 4.86. The number of hydrogen-bond acceptors (Lipinski definition) is 5. The zero-order valence-corrected chi connectivity index (χ0v) is 16.7. The lowest BCUT2D eigenvalue weighted by atomic mass is 10.2. The Morgan fingerprint density at radius 2 is 2.10 bits per heavy atom. The van der Waals surface area contributed by atoms with Crippen molar-refractivity contribution < 1.29 is 9.53 Å². The third kappa shape index (κ3) is 4.99. The van der Waals surface area contributed by atoms with Gasteiger partial charge in [0.15, 0.2) is 5.69 Å². The van der Waals surface area contributed by atoms with Gasteiger partial charge in [0.1, 0.15) is 0 Å². The number of benzene rings is 1. The molecule has 1 aliphatic heterocycles. The van der Waals surface area contributed by atoms with Gasteiger partial charge in [-0.25, -0.2) is 4.68 Å². The number of aromatic nitrogens is 4. The average molecular weight is 412 g/mol. The summed E-state index contributed by atoms with van der Waals surface area (Å²) < 4.78 is 7.36. The number of rotatable bonds is 7. The molecule has 1 aliphatic rings. The smallest absolute Gasteiger partial charge is 0.276 e. The molecule has 0 bridgehead atoms. The standard InChI is InChI=1S/C21H22ClN5O2/c22-19-9-2-1-6-16(19)12-27-15-20(24-25-27)21(28)26(14-18-8-5-11-29-18)13-17-7-3-4-10-23-17/h1-4,6-7,9-10,15,18H,5,8,11-14H2/t18-/m0/s1. The summed E-state index contributed by atoms with van der Waals surface area (Å²) in [5, 5.41) is 8.86. The van der Waals surface area contributed by atoms with Crippen molar-refractivity contribution in [2.75, 3.05) is 13.2 Å². The summed E-state index contributed by atoms with van der Waals surface area (Å²) in [6, 6.07) is 13.2. The van der Waals surface area contributed by atoms with Gasteiger partial charge in [-0.3, -0.25) is 9.78 Å². The molecule has 0 spiro atoms. The van der Waals surface area contributed by atoms with Crippen molar-refractivity contribution in [1.29, 1.82) is 0 Å². The maximum atomic E-state index is 13.2. The molecule has 0 saturated carbocycles. The molecule has 0 N–H and O–H groups in total. The Hall–Kier alpha value is -2.77. The summed E-state index contributed by atoms with van der Waals surface area (Å²) in [6.45, 7) is 2.10. The lowest BCUT2D eigenvalue weighted by molar-refractivity contribution is 0.0500. The lowest BCUT2D eigenvalue weighted by Crippen LogP contribution is -2.37. The molecule has 29 heavy (non-hydrogen) atoms. The van der Waals surface area contributed by atoms with Crippen LogP contribution in [0.15, 0.2) is 54.9 Å². The molecule has 4 rings (SSSR count). The fourth-order valence-electron chi connectivity index (χ4n) is 3.38. The maximum Gasteiger partial charge on any atom is 0.276 e. The molecular weight excluding hydrogens is 390 g/mol. The van der Waals surface area contributed by atoms with Gasteiger partial charge >= 0.3 is 0 Å². The van der Waals surface area contributed by atoms with Crippen LogP contribution in [0.5, 0.6) is 0 Å². The Morgan fingerprint density at radius 1 is 1.24 bits per heavy atom. The van der Waals surface area contributed by atoms with E-state index in [-0.39, 0.29) is 12.0 Å². The van der Waals surface area contributed by atoms with Crippen molar-refractivity contribution in [2.45, 2.75) is 32.0 Å². The van der Waals surface area contributed by atoms with Crippen molar-refractivity contribution in [3.05, 3.63) is 76.8 Å². The van der Waals surface area contributed by atoms with E-state index in [1.165, 1.54) is 0 Å². The van der Waals surface area contributed by atoms with Crippen LogP contribution >= 0.6 is 11.6 Å². The fraction of sp³-hybridized carbons (Fsp3) is 0.333. The molecule has 7 nitrogen and oxygen atoms in total. The molecule has 0 aliphatic carbocycles. The van der Waals surface area contributed by atoms with Crippen molar-refractivity contribution in [1.82, 2.24) is 24.9 Å². The molecule has 1 amide bonds. The van der Waals surface area contributed by atoms with E-state index >= 15 is 0 Å². The number of hydrogen-bond donors (Lipinski definition) is 0. The van der Waals surface area contributed by atoms with Crippen LogP contribution in [-0.4, -0.2) is 50.0 Å². The molecular formula is C21H22ClN5O2. The third-order valence-corrected chi connectivity index (χ3v) is 5.23. The quantitative estimate of drug-likeness (QED) is 0.597. The molecule has 1 saturated heterocycles. The minimum absolute atomic E-state index is 0.0424. The Balaban J connectivity index is 1.50. The van der Waals surface area contributed by atoms with Crippen LogP contribution in [0.4, 0.5) is 0 Å². The first-order chi connectivity index (χ1) is 14.2. The number of pyridine rings is 1. The van der Waals surface area contributed by atoms with Gasteiger partial charge in [-0.2, -0.15) is 0 Å². The van der Waals surface area contributed by atoms with Crippen LogP contribution in [0.2, 0.25) is 5.02 Å². The highest BCUT2D eigenvalue weighted by atomic mass is 35.5. The van der Waals surface area contributed by atoms with Gasteiger partial charge in [0.25, 0.3) is 5.91 Å². The topological polar surface area (TPSA) is 73.1 Å². The SMILES string of the molecule is O=C(c1cn(Cc2ccccc2Cl)nn1)N(Cc1ccccn1)C[C@@H]1CCCO1. The monoisotopic (exact) mass is 411 g/mol. The van der Waals surface area contributed by atoms with Gasteiger partial charge in [-0.15, -0.1) is 5.10 Å². The van der Waals surface area contributed by atoms with E-state index in [1.807, 2.05) is 42.5 Å². The Bertz CT molecular complexity index is 956. The minimum Gasteiger partial charge on any atom is -0.376 e. The summed E-state index contributed by atoms with van der Waals surface area (Å²) in [5.41, 5.74) is 2.04. The molecule has 0 unspecified atom stereocenters. The first-order valence-corrected chi connectivity index (χ1v) is 10.0. The highest BCUT2D eigenvalue weighted by Crippen LogP contribution is 2.18.